The highest BCUT2D eigenvalue weighted by molar-refractivity contribution is 6.38. The first-order chi connectivity index (χ1) is 19.3. The van der Waals surface area contributed by atoms with Crippen LogP contribution in [-0.2, 0) is 43.6 Å². The molecule has 0 bridgehead atoms. The van der Waals surface area contributed by atoms with Gasteiger partial charge in [-0.05, 0) is 22.6 Å². The number of carbonyl (C=O) groups excluding carboxylic acids is 4. The lowest BCUT2D eigenvalue weighted by Gasteiger charge is -2.24. The Morgan fingerprint density at radius 1 is 0.700 bits per heavy atom. The van der Waals surface area contributed by atoms with Crippen molar-refractivity contribution in [3.05, 3.63) is 108 Å². The van der Waals surface area contributed by atoms with Crippen LogP contribution in [0.15, 0.2) is 91.0 Å². The Morgan fingerprint density at radius 3 is 1.77 bits per heavy atom. The van der Waals surface area contributed by atoms with Crippen molar-refractivity contribution >= 4 is 23.7 Å². The normalized spacial score (nSPS) is 12.2. The molecule has 0 aliphatic heterocycles. The maximum absolute atomic E-state index is 13.3. The minimum Gasteiger partial charge on any atom is -0.445 e. The summed E-state index contributed by atoms with van der Waals surface area (Å²) in [6.07, 6.45) is -0.819. The van der Waals surface area contributed by atoms with Crippen molar-refractivity contribution < 1.29 is 28.7 Å². The molecule has 2 atom stereocenters. The van der Waals surface area contributed by atoms with Crippen molar-refractivity contribution in [2.75, 3.05) is 6.61 Å². The van der Waals surface area contributed by atoms with Crippen LogP contribution in [0.4, 0.5) is 4.79 Å². The largest absolute Gasteiger partial charge is 0.445 e. The molecule has 0 aliphatic rings. The summed E-state index contributed by atoms with van der Waals surface area (Å²) < 4.78 is 11.0. The number of hydrogen-bond donors (Lipinski definition) is 3. The van der Waals surface area contributed by atoms with E-state index in [9.17, 15) is 19.2 Å². The number of nitrogens with one attached hydrogen (secondary N) is 3. The van der Waals surface area contributed by atoms with Crippen LogP contribution in [0.5, 0.6) is 0 Å². The lowest BCUT2D eigenvalue weighted by Crippen LogP contribution is -2.56. The molecule has 9 nitrogen and oxygen atoms in total. The van der Waals surface area contributed by atoms with Gasteiger partial charge in [-0.3, -0.25) is 14.4 Å². The average Bonchev–Trinajstić information content (AvgIpc) is 2.98. The van der Waals surface area contributed by atoms with Crippen LogP contribution in [-0.4, -0.2) is 42.4 Å². The number of alkyl carbamates (subject to hydrolysis) is 1. The fourth-order valence-corrected chi connectivity index (χ4v) is 3.75. The molecule has 9 heteroatoms. The number of ketones is 1. The zero-order valence-electron chi connectivity index (χ0n) is 22.7. The van der Waals surface area contributed by atoms with Crippen LogP contribution < -0.4 is 16.0 Å². The van der Waals surface area contributed by atoms with Gasteiger partial charge in [-0.2, -0.15) is 0 Å². The zero-order chi connectivity index (χ0) is 28.7. The quantitative estimate of drug-likeness (QED) is 0.267. The molecule has 0 unspecified atom stereocenters. The third-order valence-corrected chi connectivity index (χ3v) is 5.98. The van der Waals surface area contributed by atoms with Gasteiger partial charge in [0.2, 0.25) is 11.7 Å². The van der Waals surface area contributed by atoms with Gasteiger partial charge >= 0.3 is 6.09 Å². The van der Waals surface area contributed by atoms with Gasteiger partial charge in [0.15, 0.2) is 0 Å². The SMILES string of the molecule is CC(C)[C@H](NC(=O)[C@H](COCc1ccccc1)NC(=O)OCc1ccccc1)C(=O)C(=O)NCc1ccccc1. The van der Waals surface area contributed by atoms with Gasteiger partial charge in [-0.25, -0.2) is 4.79 Å². The molecule has 0 radical (unpaired) electrons. The van der Waals surface area contributed by atoms with Crippen molar-refractivity contribution in [1.29, 1.82) is 0 Å². The molecule has 0 spiro atoms. The van der Waals surface area contributed by atoms with Crippen LogP contribution >= 0.6 is 0 Å². The van der Waals surface area contributed by atoms with Gasteiger partial charge in [0, 0.05) is 6.54 Å². The van der Waals surface area contributed by atoms with Crippen LogP contribution in [0.2, 0.25) is 0 Å². The Morgan fingerprint density at radius 2 is 1.23 bits per heavy atom. The summed E-state index contributed by atoms with van der Waals surface area (Å²) in [6.45, 7) is 3.65. The second-order valence-electron chi connectivity index (χ2n) is 9.52. The van der Waals surface area contributed by atoms with Crippen LogP contribution in [0.3, 0.4) is 0 Å². The second kappa shape index (κ2) is 15.8. The number of hydrogen-bond acceptors (Lipinski definition) is 6. The summed E-state index contributed by atoms with van der Waals surface area (Å²) >= 11 is 0. The third-order valence-electron chi connectivity index (χ3n) is 5.98. The van der Waals surface area contributed by atoms with E-state index >= 15 is 0 Å². The summed E-state index contributed by atoms with van der Waals surface area (Å²) in [6, 6.07) is 25.4. The molecule has 3 amide bonds. The predicted molar refractivity (Wildman–Crippen MR) is 150 cm³/mol. The second-order valence-corrected chi connectivity index (χ2v) is 9.52. The topological polar surface area (TPSA) is 123 Å². The zero-order valence-corrected chi connectivity index (χ0v) is 22.7. The lowest BCUT2D eigenvalue weighted by molar-refractivity contribution is -0.141. The highest BCUT2D eigenvalue weighted by Gasteiger charge is 2.32. The van der Waals surface area contributed by atoms with E-state index in [4.69, 9.17) is 9.47 Å². The van der Waals surface area contributed by atoms with E-state index < -0.39 is 41.7 Å². The number of Topliss-reactive ketones (excluding diaryl/α,β-unsaturated/α-hetero) is 1. The number of rotatable bonds is 14. The molecule has 3 aromatic carbocycles. The van der Waals surface area contributed by atoms with Gasteiger partial charge in [0.05, 0.1) is 19.3 Å². The fourth-order valence-electron chi connectivity index (χ4n) is 3.75. The Balaban J connectivity index is 1.63. The molecule has 3 aromatic rings. The first-order valence-corrected chi connectivity index (χ1v) is 13.1. The molecule has 0 aliphatic carbocycles. The molecule has 0 aromatic heterocycles. The maximum Gasteiger partial charge on any atom is 0.408 e. The Bertz CT molecular complexity index is 1240. The molecular weight excluding hydrogens is 510 g/mol. The first-order valence-electron chi connectivity index (χ1n) is 13.1. The van der Waals surface area contributed by atoms with Crippen molar-refractivity contribution in [3.63, 3.8) is 0 Å². The average molecular weight is 546 g/mol. The van der Waals surface area contributed by atoms with Crippen molar-refractivity contribution in [3.8, 4) is 0 Å². The van der Waals surface area contributed by atoms with Gasteiger partial charge < -0.3 is 25.4 Å². The molecule has 3 N–H and O–H groups in total. The third kappa shape index (κ3) is 9.99. The van der Waals surface area contributed by atoms with Crippen LogP contribution in [0.25, 0.3) is 0 Å². The maximum atomic E-state index is 13.3. The summed E-state index contributed by atoms with van der Waals surface area (Å²) in [5, 5.41) is 7.75. The summed E-state index contributed by atoms with van der Waals surface area (Å²) in [5.41, 5.74) is 2.51. The van der Waals surface area contributed by atoms with Gasteiger partial charge in [0.25, 0.3) is 5.91 Å². The molecule has 40 heavy (non-hydrogen) atoms. The van der Waals surface area contributed by atoms with E-state index in [1.54, 1.807) is 13.8 Å². The molecular formula is C31H35N3O6. The smallest absolute Gasteiger partial charge is 0.408 e. The van der Waals surface area contributed by atoms with E-state index in [0.717, 1.165) is 16.7 Å². The Hall–Kier alpha value is -4.50. The van der Waals surface area contributed by atoms with E-state index in [1.807, 2.05) is 91.0 Å². The van der Waals surface area contributed by atoms with E-state index in [1.165, 1.54) is 0 Å². The van der Waals surface area contributed by atoms with Gasteiger partial charge in [-0.1, -0.05) is 105 Å². The summed E-state index contributed by atoms with van der Waals surface area (Å²) in [7, 11) is 0. The highest BCUT2D eigenvalue weighted by atomic mass is 16.5. The molecule has 210 valence electrons. The number of amides is 3. The molecule has 0 fully saturated rings. The minimum absolute atomic E-state index is 0.0145. The Labute approximate surface area is 234 Å². The predicted octanol–water partition coefficient (Wildman–Crippen LogP) is 3.52. The van der Waals surface area contributed by atoms with Crippen LogP contribution in [0.1, 0.15) is 30.5 Å². The van der Waals surface area contributed by atoms with Gasteiger partial charge in [-0.15, -0.1) is 0 Å². The van der Waals surface area contributed by atoms with Gasteiger partial charge in [0.1, 0.15) is 12.6 Å². The van der Waals surface area contributed by atoms with Crippen molar-refractivity contribution in [2.24, 2.45) is 5.92 Å². The molecule has 0 saturated heterocycles. The summed E-state index contributed by atoms with van der Waals surface area (Å²) in [5.74, 6) is -2.66. The fraction of sp³-hybridized carbons (Fsp3) is 0.290. The molecule has 0 heterocycles. The van der Waals surface area contributed by atoms with Crippen molar-refractivity contribution in [1.82, 2.24) is 16.0 Å². The highest BCUT2D eigenvalue weighted by Crippen LogP contribution is 2.07. The monoisotopic (exact) mass is 545 g/mol. The van der Waals surface area contributed by atoms with E-state index in [2.05, 4.69) is 16.0 Å². The van der Waals surface area contributed by atoms with Crippen LogP contribution in [0, 0.1) is 5.92 Å². The molecule has 3 rings (SSSR count). The first kappa shape index (κ1) is 30.0. The lowest BCUT2D eigenvalue weighted by atomic mass is 9.98. The standard InChI is InChI=1S/C31H35N3O6/c1-22(2)27(28(35)30(37)32-18-23-12-6-3-7-13-23)34-29(36)26(21-39-19-24-14-8-4-9-15-24)33-31(38)40-20-25-16-10-5-11-17-25/h3-17,22,26-27H,18-21H2,1-2H3,(H,32,37)(H,33,38)(H,34,36)/t26-,27-/m0/s1. The minimum atomic E-state index is -1.17. The number of ether oxygens (including phenoxy) is 2. The molecule has 0 saturated carbocycles. The summed E-state index contributed by atoms with van der Waals surface area (Å²) in [4.78, 5) is 51.4. The van der Waals surface area contributed by atoms with E-state index in [-0.39, 0.29) is 26.4 Å². The number of carbonyl (C=O) groups is 4. The van der Waals surface area contributed by atoms with E-state index in [0.29, 0.717) is 0 Å². The van der Waals surface area contributed by atoms with Crippen molar-refractivity contribution in [2.45, 2.75) is 45.7 Å². The number of benzene rings is 3. The Kier molecular flexibility index (Phi) is 11.9.